The van der Waals surface area contributed by atoms with E-state index in [1.807, 2.05) is 16.8 Å². The predicted octanol–water partition coefficient (Wildman–Crippen LogP) is 2.95. The third kappa shape index (κ3) is 3.31. The number of carbonyl (C=O) groups excluding carboxylic acids is 1. The summed E-state index contributed by atoms with van der Waals surface area (Å²) in [5, 5.41) is 9.44. The maximum Gasteiger partial charge on any atom is 0.319 e. The average molecular weight is 296 g/mol. The van der Waals surface area contributed by atoms with E-state index < -0.39 is 0 Å². The first-order valence-electron chi connectivity index (χ1n) is 7.15. The Morgan fingerprint density at radius 2 is 2.25 bits per heavy atom. The lowest BCUT2D eigenvalue weighted by Gasteiger charge is -2.31. The molecule has 6 heteroatoms. The third-order valence-corrected chi connectivity index (χ3v) is 4.48. The zero-order valence-electron chi connectivity index (χ0n) is 11.4. The Labute approximate surface area is 122 Å². The Balaban J connectivity index is 1.42. The van der Waals surface area contributed by atoms with Gasteiger partial charge >= 0.3 is 6.03 Å². The molecule has 1 aromatic rings. The Hall–Kier alpha value is -1.11. The Bertz CT molecular complexity index is 443. The van der Waals surface area contributed by atoms with Crippen LogP contribution in [0.2, 0.25) is 0 Å². The smallest absolute Gasteiger partial charge is 0.319 e. The summed E-state index contributed by atoms with van der Waals surface area (Å²) in [4.78, 5) is 11.7. The molecule has 20 heavy (non-hydrogen) atoms. The van der Waals surface area contributed by atoms with Crippen LogP contribution in [0.15, 0.2) is 16.8 Å². The molecule has 1 aliphatic heterocycles. The number of anilines is 1. The summed E-state index contributed by atoms with van der Waals surface area (Å²) in [6.45, 7) is 1.05. The van der Waals surface area contributed by atoms with Crippen LogP contribution < -0.4 is 10.6 Å². The van der Waals surface area contributed by atoms with Crippen molar-refractivity contribution in [3.8, 4) is 0 Å². The molecule has 0 radical (unpaired) electrons. The van der Waals surface area contributed by atoms with Gasteiger partial charge in [-0.05, 0) is 24.3 Å². The quantitative estimate of drug-likeness (QED) is 0.901. The van der Waals surface area contributed by atoms with E-state index in [1.54, 1.807) is 11.3 Å². The van der Waals surface area contributed by atoms with Crippen molar-refractivity contribution < 1.29 is 14.3 Å². The summed E-state index contributed by atoms with van der Waals surface area (Å²) in [7, 11) is 0. The number of amides is 2. The molecule has 0 unspecified atom stereocenters. The van der Waals surface area contributed by atoms with Crippen LogP contribution in [0.25, 0.3) is 0 Å². The van der Waals surface area contributed by atoms with Gasteiger partial charge in [0, 0.05) is 24.8 Å². The molecule has 1 aromatic heterocycles. The van der Waals surface area contributed by atoms with Gasteiger partial charge in [-0.25, -0.2) is 4.79 Å². The highest BCUT2D eigenvalue weighted by Gasteiger charge is 2.42. The van der Waals surface area contributed by atoms with Gasteiger partial charge < -0.3 is 20.1 Å². The monoisotopic (exact) mass is 296 g/mol. The molecule has 2 fully saturated rings. The van der Waals surface area contributed by atoms with Gasteiger partial charge in [0.25, 0.3) is 0 Å². The Morgan fingerprint density at radius 3 is 3.00 bits per heavy atom. The van der Waals surface area contributed by atoms with E-state index in [0.29, 0.717) is 13.2 Å². The lowest BCUT2D eigenvalue weighted by molar-refractivity contribution is -0.186. The topological polar surface area (TPSA) is 59.6 Å². The molecule has 0 aromatic carbocycles. The highest BCUT2D eigenvalue weighted by molar-refractivity contribution is 7.08. The van der Waals surface area contributed by atoms with Gasteiger partial charge in [0.05, 0.1) is 12.3 Å². The van der Waals surface area contributed by atoms with Gasteiger partial charge in [-0.3, -0.25) is 0 Å². The van der Waals surface area contributed by atoms with Gasteiger partial charge in [0.2, 0.25) is 0 Å². The van der Waals surface area contributed by atoms with Crippen LogP contribution in [0.5, 0.6) is 0 Å². The SMILES string of the molecule is O=C(NC[C@H]1COC2(CCCCC2)O1)Nc1ccsc1. The van der Waals surface area contributed by atoms with Gasteiger partial charge in [-0.1, -0.05) is 6.42 Å². The summed E-state index contributed by atoms with van der Waals surface area (Å²) in [6.07, 6.45) is 5.51. The fourth-order valence-electron chi connectivity index (χ4n) is 2.79. The van der Waals surface area contributed by atoms with Crippen molar-refractivity contribution in [1.29, 1.82) is 0 Å². The third-order valence-electron chi connectivity index (χ3n) is 3.80. The summed E-state index contributed by atoms with van der Waals surface area (Å²) in [5.74, 6) is -0.367. The maximum absolute atomic E-state index is 11.7. The second-order valence-corrected chi connectivity index (χ2v) is 6.15. The van der Waals surface area contributed by atoms with Crippen LogP contribution in [0, 0.1) is 0 Å². The van der Waals surface area contributed by atoms with Crippen LogP contribution in [0.3, 0.4) is 0 Å². The van der Waals surface area contributed by atoms with E-state index in [4.69, 9.17) is 9.47 Å². The second kappa shape index (κ2) is 6.11. The fraction of sp³-hybridized carbons (Fsp3) is 0.643. The van der Waals surface area contributed by atoms with Crippen molar-refractivity contribution in [2.24, 2.45) is 0 Å². The van der Waals surface area contributed by atoms with Crippen molar-refractivity contribution in [2.45, 2.75) is 44.0 Å². The zero-order valence-corrected chi connectivity index (χ0v) is 12.2. The molecule has 0 bridgehead atoms. The van der Waals surface area contributed by atoms with E-state index >= 15 is 0 Å². The van der Waals surface area contributed by atoms with Crippen LogP contribution in [0.4, 0.5) is 10.5 Å². The van der Waals surface area contributed by atoms with Gasteiger partial charge in [-0.2, -0.15) is 11.3 Å². The minimum absolute atomic E-state index is 0.0404. The largest absolute Gasteiger partial charge is 0.347 e. The summed E-state index contributed by atoms with van der Waals surface area (Å²) >= 11 is 1.55. The van der Waals surface area contributed by atoms with E-state index in [-0.39, 0.29) is 17.9 Å². The van der Waals surface area contributed by atoms with Gasteiger partial charge in [-0.15, -0.1) is 0 Å². The molecule has 1 aliphatic carbocycles. The van der Waals surface area contributed by atoms with Crippen molar-refractivity contribution in [2.75, 3.05) is 18.5 Å². The molecule has 110 valence electrons. The second-order valence-electron chi connectivity index (χ2n) is 5.37. The molecular formula is C14H20N2O3S. The first-order valence-corrected chi connectivity index (χ1v) is 8.09. The van der Waals surface area contributed by atoms with Crippen molar-refractivity contribution in [3.05, 3.63) is 16.8 Å². The molecule has 2 aliphatic rings. The minimum Gasteiger partial charge on any atom is -0.347 e. The van der Waals surface area contributed by atoms with E-state index in [0.717, 1.165) is 18.5 Å². The first kappa shape index (κ1) is 13.9. The molecule has 1 saturated carbocycles. The first-order chi connectivity index (χ1) is 9.76. The minimum atomic E-state index is -0.367. The molecule has 2 heterocycles. The number of hydrogen-bond donors (Lipinski definition) is 2. The zero-order chi connectivity index (χ0) is 13.8. The fourth-order valence-corrected chi connectivity index (χ4v) is 3.38. The standard InChI is InChI=1S/C14H20N2O3S/c17-13(16-11-4-7-20-10-11)15-8-12-9-18-14(19-12)5-2-1-3-6-14/h4,7,10,12H,1-3,5-6,8-9H2,(H2,15,16,17)/t12-/m0/s1. The number of carbonyl (C=O) groups is 1. The van der Waals surface area contributed by atoms with Crippen LogP contribution >= 0.6 is 11.3 Å². The molecule has 5 nitrogen and oxygen atoms in total. The number of thiophene rings is 1. The van der Waals surface area contributed by atoms with Crippen LogP contribution in [0.1, 0.15) is 32.1 Å². The van der Waals surface area contributed by atoms with Gasteiger partial charge in [0.1, 0.15) is 6.10 Å². The molecule has 2 amide bonds. The number of ether oxygens (including phenoxy) is 2. The molecule has 1 spiro atoms. The molecule has 1 atom stereocenters. The van der Waals surface area contributed by atoms with E-state index in [2.05, 4.69) is 10.6 Å². The van der Waals surface area contributed by atoms with E-state index in [1.165, 1.54) is 19.3 Å². The number of hydrogen-bond acceptors (Lipinski definition) is 4. The number of nitrogens with one attached hydrogen (secondary N) is 2. The highest BCUT2D eigenvalue weighted by Crippen LogP contribution is 2.37. The Morgan fingerprint density at radius 1 is 1.40 bits per heavy atom. The Kier molecular flexibility index (Phi) is 4.24. The van der Waals surface area contributed by atoms with Crippen molar-refractivity contribution in [1.82, 2.24) is 5.32 Å². The molecule has 2 N–H and O–H groups in total. The van der Waals surface area contributed by atoms with Crippen molar-refractivity contribution >= 4 is 23.1 Å². The lowest BCUT2D eigenvalue weighted by atomic mass is 9.94. The predicted molar refractivity (Wildman–Crippen MR) is 78.0 cm³/mol. The van der Waals surface area contributed by atoms with Gasteiger partial charge in [0.15, 0.2) is 5.79 Å². The average Bonchev–Trinajstić information content (AvgIpc) is 3.08. The van der Waals surface area contributed by atoms with E-state index in [9.17, 15) is 4.79 Å². The molecular weight excluding hydrogens is 276 g/mol. The summed E-state index contributed by atoms with van der Waals surface area (Å²) in [5.41, 5.74) is 0.819. The maximum atomic E-state index is 11.7. The van der Waals surface area contributed by atoms with Crippen LogP contribution in [-0.2, 0) is 9.47 Å². The molecule has 3 rings (SSSR count). The highest BCUT2D eigenvalue weighted by atomic mass is 32.1. The summed E-state index contributed by atoms with van der Waals surface area (Å²) < 4.78 is 11.9. The lowest BCUT2D eigenvalue weighted by Crippen LogP contribution is -2.38. The normalized spacial score (nSPS) is 24.7. The number of rotatable bonds is 3. The summed E-state index contributed by atoms with van der Waals surface area (Å²) in [6, 6.07) is 1.67. The van der Waals surface area contributed by atoms with Crippen molar-refractivity contribution in [3.63, 3.8) is 0 Å². The molecule has 1 saturated heterocycles. The number of urea groups is 1. The van der Waals surface area contributed by atoms with Crippen LogP contribution in [-0.4, -0.2) is 31.1 Å².